The number of nitrogens with zero attached hydrogens (tertiary/aromatic N) is 2. The van der Waals surface area contributed by atoms with Crippen molar-refractivity contribution in [3.05, 3.63) is 65.2 Å². The van der Waals surface area contributed by atoms with Crippen LogP contribution in [-0.4, -0.2) is 35.9 Å². The molecule has 1 N–H and O–H groups in total. The van der Waals surface area contributed by atoms with Gasteiger partial charge in [-0.05, 0) is 26.0 Å². The monoisotopic (exact) mass is 368 g/mol. The van der Waals surface area contributed by atoms with E-state index in [1.807, 2.05) is 67.3 Å². The summed E-state index contributed by atoms with van der Waals surface area (Å²) in [5, 5.41) is 1.07. The van der Waals surface area contributed by atoms with Gasteiger partial charge in [-0.25, -0.2) is 4.98 Å². The Morgan fingerprint density at radius 1 is 1.08 bits per heavy atom. The van der Waals surface area contributed by atoms with Gasteiger partial charge in [0.15, 0.2) is 6.04 Å². The van der Waals surface area contributed by atoms with Crippen LogP contribution in [0.2, 0.25) is 0 Å². The van der Waals surface area contributed by atoms with E-state index in [9.17, 15) is 4.79 Å². The molecule has 26 heavy (non-hydrogen) atoms. The molecule has 2 atom stereocenters. The van der Waals surface area contributed by atoms with Gasteiger partial charge < -0.3 is 9.80 Å². The highest BCUT2D eigenvalue weighted by atomic mass is 32.1. The van der Waals surface area contributed by atoms with Crippen molar-refractivity contribution in [1.82, 2.24) is 9.88 Å². The average Bonchev–Trinajstić information content (AvgIpc) is 3.06. The van der Waals surface area contributed by atoms with Gasteiger partial charge in [-0.15, -0.1) is 11.3 Å². The van der Waals surface area contributed by atoms with E-state index in [2.05, 4.69) is 13.1 Å². The standard InChI is InChI=1S/C21H25N3OS/c1-4-24(5-2)21(25)20(16-11-7-6-8-12-16)23(3)15-19-22-17-13-9-10-14-18(17)26-19/h6-14,20H,4-5,15H2,1-3H3/p+1/t20-/m0/s1. The summed E-state index contributed by atoms with van der Waals surface area (Å²) < 4.78 is 1.20. The number of quaternary nitrogens is 1. The molecule has 3 rings (SSSR count). The number of carbonyl (C=O) groups excluding carboxylic acids is 1. The van der Waals surface area contributed by atoms with Crippen LogP contribution < -0.4 is 4.90 Å². The van der Waals surface area contributed by atoms with Crippen LogP contribution in [0.15, 0.2) is 54.6 Å². The van der Waals surface area contributed by atoms with E-state index in [1.54, 1.807) is 11.3 Å². The molecule has 1 unspecified atom stereocenters. The van der Waals surface area contributed by atoms with Gasteiger partial charge in [0.2, 0.25) is 0 Å². The van der Waals surface area contributed by atoms with Gasteiger partial charge in [-0.3, -0.25) is 4.79 Å². The van der Waals surface area contributed by atoms with Gasteiger partial charge in [0, 0.05) is 18.7 Å². The molecule has 1 heterocycles. The van der Waals surface area contributed by atoms with Crippen molar-refractivity contribution in [1.29, 1.82) is 0 Å². The van der Waals surface area contributed by atoms with Gasteiger partial charge in [0.1, 0.15) is 11.6 Å². The predicted molar refractivity (Wildman–Crippen MR) is 107 cm³/mol. The molecule has 5 heteroatoms. The summed E-state index contributed by atoms with van der Waals surface area (Å²) in [5.41, 5.74) is 2.09. The Hall–Kier alpha value is -2.24. The number of aromatic nitrogens is 1. The number of amides is 1. The van der Waals surface area contributed by atoms with Crippen LogP contribution in [0.4, 0.5) is 0 Å². The molecule has 0 radical (unpaired) electrons. The van der Waals surface area contributed by atoms with E-state index in [0.29, 0.717) is 0 Å². The third-order valence-electron chi connectivity index (χ3n) is 4.72. The van der Waals surface area contributed by atoms with Crippen LogP contribution in [0.25, 0.3) is 10.2 Å². The number of hydrogen-bond acceptors (Lipinski definition) is 3. The second-order valence-corrected chi connectivity index (χ2v) is 7.57. The first-order valence-electron chi connectivity index (χ1n) is 9.14. The fraction of sp³-hybridized carbons (Fsp3) is 0.333. The zero-order chi connectivity index (χ0) is 18.5. The van der Waals surface area contributed by atoms with Crippen molar-refractivity contribution in [2.45, 2.75) is 26.4 Å². The lowest BCUT2D eigenvalue weighted by atomic mass is 10.0. The topological polar surface area (TPSA) is 37.6 Å². The van der Waals surface area contributed by atoms with Crippen LogP contribution >= 0.6 is 11.3 Å². The maximum Gasteiger partial charge on any atom is 0.285 e. The fourth-order valence-corrected chi connectivity index (χ4v) is 4.40. The minimum absolute atomic E-state index is 0.180. The van der Waals surface area contributed by atoms with E-state index in [4.69, 9.17) is 4.98 Å². The second kappa shape index (κ2) is 8.43. The van der Waals surface area contributed by atoms with E-state index in [1.165, 1.54) is 4.70 Å². The van der Waals surface area contributed by atoms with Crippen molar-refractivity contribution in [2.75, 3.05) is 20.1 Å². The van der Waals surface area contributed by atoms with Gasteiger partial charge in [-0.2, -0.15) is 0 Å². The molecule has 2 aromatic carbocycles. The Balaban J connectivity index is 1.88. The number of carbonyl (C=O) groups is 1. The molecule has 0 aliphatic carbocycles. The molecule has 136 valence electrons. The number of nitrogens with one attached hydrogen (secondary N) is 1. The van der Waals surface area contributed by atoms with Crippen molar-refractivity contribution >= 4 is 27.5 Å². The normalized spacial score (nSPS) is 13.5. The highest BCUT2D eigenvalue weighted by Gasteiger charge is 2.32. The lowest BCUT2D eigenvalue weighted by molar-refractivity contribution is -0.916. The van der Waals surface area contributed by atoms with Gasteiger partial charge in [-0.1, -0.05) is 42.5 Å². The summed E-state index contributed by atoms with van der Waals surface area (Å²) in [5.74, 6) is 0.180. The number of benzene rings is 2. The quantitative estimate of drug-likeness (QED) is 0.696. The average molecular weight is 369 g/mol. The van der Waals surface area contributed by atoms with Crippen molar-refractivity contribution < 1.29 is 9.69 Å². The Kier molecular flexibility index (Phi) is 6.01. The highest BCUT2D eigenvalue weighted by Crippen LogP contribution is 2.21. The molecule has 0 bridgehead atoms. The van der Waals surface area contributed by atoms with Gasteiger partial charge in [0.25, 0.3) is 5.91 Å². The van der Waals surface area contributed by atoms with Crippen LogP contribution in [0.3, 0.4) is 0 Å². The zero-order valence-corrected chi connectivity index (χ0v) is 16.4. The summed E-state index contributed by atoms with van der Waals surface area (Å²) in [4.78, 5) is 21.0. The van der Waals surface area contributed by atoms with E-state index >= 15 is 0 Å². The van der Waals surface area contributed by atoms with Crippen LogP contribution in [0.1, 0.15) is 30.5 Å². The Bertz CT molecular complexity index is 825. The van der Waals surface area contributed by atoms with Crippen molar-refractivity contribution in [3.63, 3.8) is 0 Å². The number of rotatable bonds is 7. The summed E-state index contributed by atoms with van der Waals surface area (Å²) in [6, 6.07) is 18.1. The van der Waals surface area contributed by atoms with Crippen molar-refractivity contribution in [2.24, 2.45) is 0 Å². The lowest BCUT2D eigenvalue weighted by Crippen LogP contribution is -3.09. The highest BCUT2D eigenvalue weighted by molar-refractivity contribution is 7.18. The smallest absolute Gasteiger partial charge is 0.285 e. The molecule has 0 aliphatic heterocycles. The first-order valence-corrected chi connectivity index (χ1v) is 9.96. The predicted octanol–water partition coefficient (Wildman–Crippen LogP) is 2.92. The maximum absolute atomic E-state index is 13.2. The molecular weight excluding hydrogens is 342 g/mol. The maximum atomic E-state index is 13.2. The minimum atomic E-state index is -0.219. The number of fused-ring (bicyclic) bond motifs is 1. The summed E-state index contributed by atoms with van der Waals surface area (Å²) in [6.07, 6.45) is 0. The number of para-hydroxylation sites is 1. The number of hydrogen-bond donors (Lipinski definition) is 1. The molecule has 0 saturated carbocycles. The van der Waals surface area contributed by atoms with E-state index in [-0.39, 0.29) is 11.9 Å². The third kappa shape index (κ3) is 3.94. The van der Waals surface area contributed by atoms with E-state index in [0.717, 1.165) is 40.6 Å². The second-order valence-electron chi connectivity index (χ2n) is 6.45. The van der Waals surface area contributed by atoms with Gasteiger partial charge in [0.05, 0.1) is 17.3 Å². The van der Waals surface area contributed by atoms with Crippen LogP contribution in [-0.2, 0) is 11.3 Å². The Morgan fingerprint density at radius 3 is 2.38 bits per heavy atom. The minimum Gasteiger partial charge on any atom is -0.338 e. The SMILES string of the molecule is CCN(CC)C(=O)[C@H](c1ccccc1)[NH+](C)Cc1nc2ccccc2s1. The largest absolute Gasteiger partial charge is 0.338 e. The first-order chi connectivity index (χ1) is 12.6. The molecule has 4 nitrogen and oxygen atoms in total. The molecule has 3 aromatic rings. The molecule has 0 saturated heterocycles. The summed E-state index contributed by atoms with van der Waals surface area (Å²) in [7, 11) is 2.09. The van der Waals surface area contributed by atoms with Crippen molar-refractivity contribution in [3.8, 4) is 0 Å². The molecule has 0 fully saturated rings. The first kappa shape index (κ1) is 18.5. The fourth-order valence-electron chi connectivity index (χ4n) is 3.34. The number of thiazole rings is 1. The Labute approximate surface area is 159 Å². The molecule has 1 amide bonds. The van der Waals surface area contributed by atoms with Gasteiger partial charge >= 0.3 is 0 Å². The van der Waals surface area contributed by atoms with E-state index < -0.39 is 0 Å². The van der Waals surface area contributed by atoms with Crippen LogP contribution in [0, 0.1) is 0 Å². The zero-order valence-electron chi connectivity index (χ0n) is 15.6. The summed E-state index contributed by atoms with van der Waals surface area (Å²) in [6.45, 7) is 6.25. The molecular formula is C21H26N3OS+. The van der Waals surface area contributed by atoms with Crippen LogP contribution in [0.5, 0.6) is 0 Å². The summed E-state index contributed by atoms with van der Waals surface area (Å²) >= 11 is 1.71. The lowest BCUT2D eigenvalue weighted by Gasteiger charge is -2.29. The molecule has 1 aromatic heterocycles. The molecule has 0 spiro atoms. The Morgan fingerprint density at radius 2 is 1.73 bits per heavy atom. The number of likely N-dealkylation sites (N-methyl/N-ethyl adjacent to an activating group) is 2. The molecule has 0 aliphatic rings. The third-order valence-corrected chi connectivity index (χ3v) is 5.75.